The summed E-state index contributed by atoms with van der Waals surface area (Å²) in [5.74, 6) is -12.6. The molecule has 0 radical (unpaired) electrons. The van der Waals surface area contributed by atoms with E-state index in [-0.39, 0.29) is 11.6 Å². The molecule has 36 heavy (non-hydrogen) atoms. The topological polar surface area (TPSA) is 72.2 Å². The predicted octanol–water partition coefficient (Wildman–Crippen LogP) is 6.66. The van der Waals surface area contributed by atoms with Crippen molar-refractivity contribution in [3.63, 3.8) is 0 Å². The fourth-order valence-corrected chi connectivity index (χ4v) is 3.13. The number of hydrogen-bond donors (Lipinski definition) is 0. The molecule has 0 aliphatic carbocycles. The van der Waals surface area contributed by atoms with Gasteiger partial charge in [-0.2, -0.15) is 5.26 Å². The predicted molar refractivity (Wildman–Crippen MR) is 119 cm³/mol. The number of halogens is 5. The number of pyridine rings is 1. The molecular weight excluding hydrogens is 483 g/mol. The Morgan fingerprint density at radius 3 is 2.11 bits per heavy atom. The van der Waals surface area contributed by atoms with Crippen molar-refractivity contribution in [3.05, 3.63) is 95.0 Å². The first kappa shape index (κ1) is 26.3. The van der Waals surface area contributed by atoms with Gasteiger partial charge < -0.3 is 9.47 Å². The van der Waals surface area contributed by atoms with Crippen LogP contribution in [0.2, 0.25) is 0 Å². The smallest absolute Gasteiger partial charge is 0.314 e. The van der Waals surface area contributed by atoms with E-state index in [9.17, 15) is 32.0 Å². The molecule has 186 valence electrons. The number of nitriles is 1. The first-order chi connectivity index (χ1) is 17.1. The van der Waals surface area contributed by atoms with Gasteiger partial charge in [0.15, 0.2) is 23.3 Å². The molecule has 2 atom stereocenters. The fourth-order valence-electron chi connectivity index (χ4n) is 3.13. The second kappa shape index (κ2) is 11.4. The molecule has 1 aromatic heterocycles. The summed E-state index contributed by atoms with van der Waals surface area (Å²) in [4.78, 5) is 17.0. The summed E-state index contributed by atoms with van der Waals surface area (Å²) in [6.45, 7) is 3.14. The van der Waals surface area contributed by atoms with Crippen molar-refractivity contribution in [2.24, 2.45) is 11.8 Å². The van der Waals surface area contributed by atoms with Gasteiger partial charge >= 0.3 is 5.97 Å². The van der Waals surface area contributed by atoms with E-state index in [2.05, 4.69) is 4.98 Å². The van der Waals surface area contributed by atoms with E-state index in [1.165, 1.54) is 12.1 Å². The van der Waals surface area contributed by atoms with E-state index in [4.69, 9.17) is 9.47 Å². The highest BCUT2D eigenvalue weighted by atomic mass is 19.2. The number of hydrogen-bond acceptors (Lipinski definition) is 5. The molecular formula is C26H19F5N2O3. The van der Waals surface area contributed by atoms with Crippen molar-refractivity contribution in [2.75, 3.05) is 0 Å². The Balaban J connectivity index is 1.82. The molecule has 0 amide bonds. The third kappa shape index (κ3) is 5.86. The first-order valence-electron chi connectivity index (χ1n) is 10.6. The molecule has 0 aliphatic rings. The minimum atomic E-state index is -2.29. The summed E-state index contributed by atoms with van der Waals surface area (Å²) in [6, 6.07) is 15.0. The molecule has 3 rings (SSSR count). The quantitative estimate of drug-likeness (QED) is 0.149. The summed E-state index contributed by atoms with van der Waals surface area (Å²) >= 11 is 0. The minimum absolute atomic E-state index is 0.0607. The first-order valence-corrected chi connectivity index (χ1v) is 10.6. The Morgan fingerprint density at radius 2 is 1.53 bits per heavy atom. The highest BCUT2D eigenvalue weighted by molar-refractivity contribution is 5.76. The molecule has 5 nitrogen and oxygen atoms in total. The van der Waals surface area contributed by atoms with Crippen molar-refractivity contribution in [1.82, 2.24) is 4.98 Å². The SMILES string of the molecule is CC(C)C(/C=C/c1c(F)c(F)c(F)c(F)c1F)C(=O)OC(C#N)c1cccc(Oc2ccccc2)n1. The Morgan fingerprint density at radius 1 is 0.917 bits per heavy atom. The van der Waals surface area contributed by atoms with Crippen molar-refractivity contribution in [2.45, 2.75) is 20.0 Å². The van der Waals surface area contributed by atoms with Crippen molar-refractivity contribution < 1.29 is 36.2 Å². The molecule has 1 heterocycles. The van der Waals surface area contributed by atoms with Crippen LogP contribution in [0.15, 0.2) is 54.6 Å². The zero-order valence-corrected chi connectivity index (χ0v) is 19.0. The summed E-state index contributed by atoms with van der Waals surface area (Å²) in [5, 5.41) is 9.55. The lowest BCUT2D eigenvalue weighted by Crippen LogP contribution is -2.23. The Labute approximate surface area is 203 Å². The third-order valence-electron chi connectivity index (χ3n) is 5.03. The van der Waals surface area contributed by atoms with Crippen LogP contribution in [0.4, 0.5) is 22.0 Å². The number of nitrogens with zero attached hydrogens (tertiary/aromatic N) is 2. The van der Waals surface area contributed by atoms with Crippen LogP contribution in [0.5, 0.6) is 11.6 Å². The molecule has 0 saturated heterocycles. The van der Waals surface area contributed by atoms with Crippen LogP contribution in [-0.2, 0) is 9.53 Å². The normalized spacial score (nSPS) is 12.9. The molecule has 10 heteroatoms. The van der Waals surface area contributed by atoms with E-state index in [0.29, 0.717) is 11.8 Å². The van der Waals surface area contributed by atoms with Gasteiger partial charge in [-0.15, -0.1) is 0 Å². The van der Waals surface area contributed by atoms with Gasteiger partial charge in [-0.1, -0.05) is 50.3 Å². The number of esters is 1. The van der Waals surface area contributed by atoms with Gasteiger partial charge in [0.1, 0.15) is 11.8 Å². The number of ether oxygens (including phenoxy) is 2. The molecule has 0 N–H and O–H groups in total. The molecule has 2 aromatic carbocycles. The van der Waals surface area contributed by atoms with Crippen molar-refractivity contribution in [1.29, 1.82) is 5.26 Å². The van der Waals surface area contributed by atoms with Gasteiger partial charge in [0.25, 0.3) is 0 Å². The highest BCUT2D eigenvalue weighted by Gasteiger charge is 2.28. The maximum atomic E-state index is 14.0. The van der Waals surface area contributed by atoms with Gasteiger partial charge in [-0.3, -0.25) is 4.79 Å². The zero-order valence-electron chi connectivity index (χ0n) is 19.0. The van der Waals surface area contributed by atoms with Crippen LogP contribution in [-0.4, -0.2) is 11.0 Å². The molecule has 0 aliphatic heterocycles. The van der Waals surface area contributed by atoms with Gasteiger partial charge in [-0.05, 0) is 24.1 Å². The number of carbonyl (C=O) groups is 1. The Bertz CT molecular complexity index is 1290. The van der Waals surface area contributed by atoms with E-state index >= 15 is 0 Å². The Hall–Kier alpha value is -4.26. The summed E-state index contributed by atoms with van der Waals surface area (Å²) < 4.78 is 79.1. The monoisotopic (exact) mass is 502 g/mol. The van der Waals surface area contributed by atoms with Crippen molar-refractivity contribution >= 4 is 12.0 Å². The van der Waals surface area contributed by atoms with Gasteiger partial charge in [0.2, 0.25) is 17.8 Å². The van der Waals surface area contributed by atoms with Crippen LogP contribution < -0.4 is 4.74 Å². The average Bonchev–Trinajstić information content (AvgIpc) is 2.87. The second-order valence-electron chi connectivity index (χ2n) is 7.87. The van der Waals surface area contributed by atoms with E-state index in [1.807, 2.05) is 0 Å². The van der Waals surface area contributed by atoms with Crippen LogP contribution in [0.3, 0.4) is 0 Å². The highest BCUT2D eigenvalue weighted by Crippen LogP contribution is 2.27. The van der Waals surface area contributed by atoms with Crippen LogP contribution in [0.1, 0.15) is 31.2 Å². The standard InChI is InChI=1S/C26H19F5N2O3/c1-14(2)16(11-12-17-21(27)23(29)25(31)24(30)22(17)28)26(34)36-19(13-32)18-9-6-10-20(33-18)35-15-7-4-3-5-8-15/h3-12,14,16,19H,1-2H3/b12-11+. The molecule has 0 bridgehead atoms. The summed E-state index contributed by atoms with van der Waals surface area (Å²) in [5.41, 5.74) is -1.14. The number of para-hydroxylation sites is 1. The fraction of sp³-hybridized carbons (Fsp3) is 0.192. The van der Waals surface area contributed by atoms with Gasteiger partial charge in [0.05, 0.1) is 17.2 Å². The molecule has 3 aromatic rings. The zero-order chi connectivity index (χ0) is 26.4. The third-order valence-corrected chi connectivity index (χ3v) is 5.03. The minimum Gasteiger partial charge on any atom is -0.440 e. The second-order valence-corrected chi connectivity index (χ2v) is 7.87. The largest absolute Gasteiger partial charge is 0.440 e. The lowest BCUT2D eigenvalue weighted by molar-refractivity contribution is -0.151. The van der Waals surface area contributed by atoms with E-state index in [1.54, 1.807) is 56.3 Å². The number of benzene rings is 2. The molecule has 0 saturated carbocycles. The van der Waals surface area contributed by atoms with Crippen molar-refractivity contribution in [3.8, 4) is 17.7 Å². The summed E-state index contributed by atoms with van der Waals surface area (Å²) in [7, 11) is 0. The number of aromatic nitrogens is 1. The number of rotatable bonds is 8. The lowest BCUT2D eigenvalue weighted by atomic mass is 9.94. The number of carbonyl (C=O) groups excluding carboxylic acids is 1. The van der Waals surface area contributed by atoms with Gasteiger partial charge in [0, 0.05) is 6.07 Å². The van der Waals surface area contributed by atoms with Crippen LogP contribution in [0, 0.1) is 52.3 Å². The maximum absolute atomic E-state index is 14.0. The average molecular weight is 502 g/mol. The van der Waals surface area contributed by atoms with E-state index in [0.717, 1.165) is 6.08 Å². The maximum Gasteiger partial charge on any atom is 0.314 e. The summed E-state index contributed by atoms with van der Waals surface area (Å²) in [6.07, 6.45) is 0.124. The molecule has 0 spiro atoms. The van der Waals surface area contributed by atoms with Crippen LogP contribution in [0.25, 0.3) is 6.08 Å². The molecule has 2 unspecified atom stereocenters. The van der Waals surface area contributed by atoms with Crippen LogP contribution >= 0.6 is 0 Å². The lowest BCUT2D eigenvalue weighted by Gasteiger charge is -2.18. The Kier molecular flexibility index (Phi) is 8.38. The molecule has 0 fully saturated rings. The van der Waals surface area contributed by atoms with E-state index < -0.39 is 58.6 Å². The van der Waals surface area contributed by atoms with Gasteiger partial charge in [-0.25, -0.2) is 26.9 Å².